The van der Waals surface area contributed by atoms with Gasteiger partial charge in [-0.2, -0.15) is 0 Å². The summed E-state index contributed by atoms with van der Waals surface area (Å²) in [4.78, 5) is 34.4. The summed E-state index contributed by atoms with van der Waals surface area (Å²) >= 11 is 0. The van der Waals surface area contributed by atoms with E-state index in [0.717, 1.165) is 12.8 Å². The Morgan fingerprint density at radius 2 is 1.62 bits per heavy atom. The van der Waals surface area contributed by atoms with Gasteiger partial charge in [-0.1, -0.05) is 29.8 Å². The number of nitrogens with two attached hydrogens (primary N) is 1. The summed E-state index contributed by atoms with van der Waals surface area (Å²) in [5.74, 6) is -1.06. The highest BCUT2D eigenvalue weighted by Crippen LogP contribution is 2.12. The van der Waals surface area contributed by atoms with Gasteiger partial charge in [0, 0.05) is 17.7 Å². The number of hydrogen-bond acceptors (Lipinski definition) is 3. The number of amides is 3. The van der Waals surface area contributed by atoms with E-state index in [1.54, 1.807) is 24.3 Å². The molecule has 6 nitrogen and oxygen atoms in total. The highest BCUT2D eigenvalue weighted by molar-refractivity contribution is 5.97. The number of anilines is 1. The number of primary amides is 1. The molecule has 0 heterocycles. The highest BCUT2D eigenvalue weighted by Gasteiger charge is 2.07. The van der Waals surface area contributed by atoms with Gasteiger partial charge in [0.1, 0.15) is 0 Å². The van der Waals surface area contributed by atoms with Gasteiger partial charge in [-0.3, -0.25) is 14.4 Å². The van der Waals surface area contributed by atoms with E-state index in [1.807, 2.05) is 6.92 Å². The van der Waals surface area contributed by atoms with Crippen LogP contribution in [0.3, 0.4) is 0 Å². The van der Waals surface area contributed by atoms with Crippen molar-refractivity contribution < 1.29 is 14.4 Å². The minimum Gasteiger partial charge on any atom is -0.368 e. The van der Waals surface area contributed by atoms with Crippen molar-refractivity contribution in [2.75, 3.05) is 11.9 Å². The molecule has 0 bridgehead atoms. The molecule has 0 aromatic heterocycles. The van der Waals surface area contributed by atoms with Crippen molar-refractivity contribution in [2.45, 2.75) is 26.2 Å². The Morgan fingerprint density at radius 1 is 0.962 bits per heavy atom. The lowest BCUT2D eigenvalue weighted by atomic mass is 10.1. The van der Waals surface area contributed by atoms with Gasteiger partial charge in [0.2, 0.25) is 11.8 Å². The standard InChI is InChI=1S/C20H23N3O3/c1-14-5-7-15(8-6-14)3-2-4-19(25)23-17-11-9-16(10-12-17)20(26)22-13-18(21)24/h5-12H,2-4,13H2,1H3,(H2,21,24)(H,22,26)(H,23,25). The summed E-state index contributed by atoms with van der Waals surface area (Å²) < 4.78 is 0. The van der Waals surface area contributed by atoms with Gasteiger partial charge >= 0.3 is 0 Å². The maximum Gasteiger partial charge on any atom is 0.251 e. The highest BCUT2D eigenvalue weighted by atomic mass is 16.2. The summed E-state index contributed by atoms with van der Waals surface area (Å²) in [5.41, 5.74) is 8.43. The number of carbonyl (C=O) groups excluding carboxylic acids is 3. The Hall–Kier alpha value is -3.15. The van der Waals surface area contributed by atoms with Gasteiger partial charge in [0.05, 0.1) is 6.54 Å². The second-order valence-electron chi connectivity index (χ2n) is 6.11. The fourth-order valence-corrected chi connectivity index (χ4v) is 2.41. The molecule has 6 heteroatoms. The fourth-order valence-electron chi connectivity index (χ4n) is 2.41. The van der Waals surface area contributed by atoms with Crippen LogP contribution in [-0.2, 0) is 16.0 Å². The van der Waals surface area contributed by atoms with Gasteiger partial charge < -0.3 is 16.4 Å². The molecule has 0 aliphatic carbocycles. The first kappa shape index (κ1) is 19.2. The maximum atomic E-state index is 12.0. The Balaban J connectivity index is 1.77. The third-order valence-electron chi connectivity index (χ3n) is 3.84. The number of benzene rings is 2. The van der Waals surface area contributed by atoms with Crippen LogP contribution in [0, 0.1) is 6.92 Å². The van der Waals surface area contributed by atoms with E-state index < -0.39 is 5.91 Å². The number of carbonyl (C=O) groups is 3. The maximum absolute atomic E-state index is 12.0. The van der Waals surface area contributed by atoms with Gasteiger partial charge in [-0.25, -0.2) is 0 Å². The summed E-state index contributed by atoms with van der Waals surface area (Å²) in [6, 6.07) is 14.8. The third kappa shape index (κ3) is 6.39. The van der Waals surface area contributed by atoms with Crippen LogP contribution in [-0.4, -0.2) is 24.3 Å². The number of aryl methyl sites for hydroxylation is 2. The quantitative estimate of drug-likeness (QED) is 0.678. The molecular formula is C20H23N3O3. The lowest BCUT2D eigenvalue weighted by Crippen LogP contribution is -2.33. The molecule has 0 atom stereocenters. The van der Waals surface area contributed by atoms with E-state index in [2.05, 4.69) is 34.9 Å². The molecule has 0 radical (unpaired) electrons. The Bertz CT molecular complexity index is 768. The second-order valence-corrected chi connectivity index (χ2v) is 6.11. The number of nitrogens with one attached hydrogen (secondary N) is 2. The van der Waals surface area contributed by atoms with Crippen LogP contribution >= 0.6 is 0 Å². The Kier molecular flexibility index (Phi) is 6.91. The van der Waals surface area contributed by atoms with Crippen molar-refractivity contribution in [3.63, 3.8) is 0 Å². The van der Waals surface area contributed by atoms with E-state index in [1.165, 1.54) is 11.1 Å². The zero-order valence-electron chi connectivity index (χ0n) is 14.7. The predicted octanol–water partition coefficient (Wildman–Crippen LogP) is 2.17. The van der Waals surface area contributed by atoms with Gasteiger partial charge in [0.25, 0.3) is 5.91 Å². The van der Waals surface area contributed by atoms with E-state index in [0.29, 0.717) is 17.7 Å². The smallest absolute Gasteiger partial charge is 0.251 e. The monoisotopic (exact) mass is 353 g/mol. The number of hydrogen-bond donors (Lipinski definition) is 3. The Labute approximate surface area is 152 Å². The zero-order chi connectivity index (χ0) is 18.9. The molecule has 0 aliphatic rings. The van der Waals surface area contributed by atoms with Crippen LogP contribution in [0.1, 0.15) is 34.3 Å². The zero-order valence-corrected chi connectivity index (χ0v) is 14.7. The molecule has 3 amide bonds. The fraction of sp³-hybridized carbons (Fsp3) is 0.250. The molecule has 2 aromatic rings. The van der Waals surface area contributed by atoms with Crippen molar-refractivity contribution >= 4 is 23.4 Å². The average molecular weight is 353 g/mol. The lowest BCUT2D eigenvalue weighted by molar-refractivity contribution is -0.117. The van der Waals surface area contributed by atoms with Crippen LogP contribution in [0.15, 0.2) is 48.5 Å². The minimum absolute atomic E-state index is 0.0666. The first-order chi connectivity index (χ1) is 12.4. The lowest BCUT2D eigenvalue weighted by Gasteiger charge is -2.07. The SMILES string of the molecule is Cc1ccc(CCCC(=O)Nc2ccc(C(=O)NCC(N)=O)cc2)cc1. The van der Waals surface area contributed by atoms with Crippen LogP contribution in [0.5, 0.6) is 0 Å². The molecule has 0 saturated carbocycles. The normalized spacial score (nSPS) is 10.2. The topological polar surface area (TPSA) is 101 Å². The molecule has 0 unspecified atom stereocenters. The van der Waals surface area contributed by atoms with Crippen LogP contribution in [0.25, 0.3) is 0 Å². The van der Waals surface area contributed by atoms with Crippen LogP contribution in [0.4, 0.5) is 5.69 Å². The van der Waals surface area contributed by atoms with Crippen molar-refractivity contribution in [3.05, 3.63) is 65.2 Å². The van der Waals surface area contributed by atoms with Gasteiger partial charge in [-0.15, -0.1) is 0 Å². The van der Waals surface area contributed by atoms with Crippen molar-refractivity contribution in [1.29, 1.82) is 0 Å². The van der Waals surface area contributed by atoms with E-state index in [4.69, 9.17) is 5.73 Å². The predicted molar refractivity (Wildman–Crippen MR) is 101 cm³/mol. The van der Waals surface area contributed by atoms with Crippen LogP contribution in [0.2, 0.25) is 0 Å². The molecule has 4 N–H and O–H groups in total. The third-order valence-corrected chi connectivity index (χ3v) is 3.84. The van der Waals surface area contributed by atoms with Gasteiger partial charge in [0.15, 0.2) is 0 Å². The first-order valence-corrected chi connectivity index (χ1v) is 8.46. The summed E-state index contributed by atoms with van der Waals surface area (Å²) in [6.45, 7) is 1.84. The van der Waals surface area contributed by atoms with E-state index >= 15 is 0 Å². The molecule has 0 spiro atoms. The summed E-state index contributed by atoms with van der Waals surface area (Å²) in [5, 5.41) is 5.21. The molecule has 2 aromatic carbocycles. The molecule has 26 heavy (non-hydrogen) atoms. The number of rotatable bonds is 8. The molecule has 136 valence electrons. The molecule has 2 rings (SSSR count). The largest absolute Gasteiger partial charge is 0.368 e. The first-order valence-electron chi connectivity index (χ1n) is 8.46. The minimum atomic E-state index is -0.604. The molecular weight excluding hydrogens is 330 g/mol. The Morgan fingerprint density at radius 3 is 2.23 bits per heavy atom. The van der Waals surface area contributed by atoms with E-state index in [9.17, 15) is 14.4 Å². The van der Waals surface area contributed by atoms with Crippen molar-refractivity contribution in [2.24, 2.45) is 5.73 Å². The molecule has 0 aliphatic heterocycles. The van der Waals surface area contributed by atoms with Crippen LogP contribution < -0.4 is 16.4 Å². The molecule has 0 fully saturated rings. The van der Waals surface area contributed by atoms with Crippen molar-refractivity contribution in [3.8, 4) is 0 Å². The van der Waals surface area contributed by atoms with Gasteiger partial charge in [-0.05, 0) is 49.6 Å². The summed E-state index contributed by atoms with van der Waals surface area (Å²) in [7, 11) is 0. The summed E-state index contributed by atoms with van der Waals surface area (Å²) in [6.07, 6.45) is 2.05. The average Bonchev–Trinajstić information content (AvgIpc) is 2.62. The van der Waals surface area contributed by atoms with Crippen molar-refractivity contribution in [1.82, 2.24) is 5.32 Å². The van der Waals surface area contributed by atoms with E-state index in [-0.39, 0.29) is 18.4 Å². The second kappa shape index (κ2) is 9.36. The molecule has 0 saturated heterocycles.